The Balaban J connectivity index is 1.93. The summed E-state index contributed by atoms with van der Waals surface area (Å²) in [6.45, 7) is 6.28. The Kier molecular flexibility index (Phi) is 7.04. The molecule has 2 aromatic carbocycles. The van der Waals surface area contributed by atoms with Gasteiger partial charge in [0.15, 0.2) is 0 Å². The summed E-state index contributed by atoms with van der Waals surface area (Å²) in [7, 11) is -3.86. The van der Waals surface area contributed by atoms with Crippen molar-refractivity contribution in [3.63, 3.8) is 0 Å². The second-order valence-corrected chi connectivity index (χ2v) is 9.01. The molecule has 28 heavy (non-hydrogen) atoms. The van der Waals surface area contributed by atoms with Gasteiger partial charge in [-0.3, -0.25) is 4.79 Å². The number of carbonyl (C=O) groups excluding carboxylic acids is 1. The molecule has 3 N–H and O–H groups in total. The Labute approximate surface area is 165 Å². The van der Waals surface area contributed by atoms with Gasteiger partial charge >= 0.3 is 0 Å². The van der Waals surface area contributed by atoms with E-state index in [1.54, 1.807) is 36.4 Å². The molecule has 2 aromatic rings. The number of benzene rings is 2. The number of sulfonamides is 1. The number of hydrogen-bond acceptors (Lipinski definition) is 6. The minimum absolute atomic E-state index is 0.0519. The Morgan fingerprint density at radius 3 is 2.18 bits per heavy atom. The van der Waals surface area contributed by atoms with E-state index in [2.05, 4.69) is 30.8 Å². The van der Waals surface area contributed by atoms with Crippen molar-refractivity contribution >= 4 is 21.6 Å². The number of carbonyl (C=O) groups is 1. The zero-order valence-corrected chi connectivity index (χ0v) is 17.0. The number of amides is 1. The fourth-order valence-electron chi connectivity index (χ4n) is 2.37. The first-order valence-corrected chi connectivity index (χ1v) is 10.5. The second kappa shape index (κ2) is 9.07. The first-order valence-electron chi connectivity index (χ1n) is 8.84. The second-order valence-electron chi connectivity index (χ2n) is 7.29. The normalized spacial score (nSPS) is 11.7. The fourth-order valence-corrected chi connectivity index (χ4v) is 3.20. The van der Waals surface area contributed by atoms with Crippen molar-refractivity contribution < 1.29 is 23.1 Å². The van der Waals surface area contributed by atoms with Crippen LogP contribution < -0.4 is 14.8 Å². The van der Waals surface area contributed by atoms with E-state index in [1.807, 2.05) is 12.1 Å². The van der Waals surface area contributed by atoms with Gasteiger partial charge in [-0.25, -0.2) is 13.1 Å². The van der Waals surface area contributed by atoms with Crippen LogP contribution in [0.1, 0.15) is 36.7 Å². The standard InChI is InChI=1S/C20H26N2O5S/c1-20(2,3)16-6-4-15(5-7-16)19(24)22-28(25,26)14-21-17-8-10-18(11-9-17)27-13-12-23/h4-11,21,23H,12-14H2,1-3H3,(H,22,24). The summed E-state index contributed by atoms with van der Waals surface area (Å²) < 4.78 is 31.6. The van der Waals surface area contributed by atoms with E-state index < -0.39 is 21.8 Å². The molecular weight excluding hydrogens is 380 g/mol. The highest BCUT2D eigenvalue weighted by molar-refractivity contribution is 7.90. The summed E-state index contributed by atoms with van der Waals surface area (Å²) in [5, 5.41) is 11.5. The van der Waals surface area contributed by atoms with Gasteiger partial charge in [-0.1, -0.05) is 32.9 Å². The third-order valence-corrected chi connectivity index (χ3v) is 4.96. The minimum Gasteiger partial charge on any atom is -0.491 e. The van der Waals surface area contributed by atoms with Crippen LogP contribution in [-0.4, -0.2) is 38.5 Å². The van der Waals surface area contributed by atoms with Crippen LogP contribution in [0.4, 0.5) is 5.69 Å². The molecule has 0 saturated carbocycles. The van der Waals surface area contributed by atoms with Crippen LogP contribution >= 0.6 is 0 Å². The number of anilines is 1. The molecule has 0 spiro atoms. The maximum atomic E-state index is 12.2. The molecule has 0 fully saturated rings. The molecule has 0 bridgehead atoms. The molecule has 152 valence electrons. The molecule has 7 nitrogen and oxygen atoms in total. The van der Waals surface area contributed by atoms with Crippen LogP contribution in [0.2, 0.25) is 0 Å². The van der Waals surface area contributed by atoms with E-state index in [-0.39, 0.29) is 24.2 Å². The van der Waals surface area contributed by atoms with E-state index in [0.29, 0.717) is 11.4 Å². The highest BCUT2D eigenvalue weighted by atomic mass is 32.2. The van der Waals surface area contributed by atoms with Crippen molar-refractivity contribution in [2.24, 2.45) is 0 Å². The number of rotatable bonds is 8. The van der Waals surface area contributed by atoms with Gasteiger partial charge in [0.25, 0.3) is 15.9 Å². The molecule has 0 atom stereocenters. The Hall–Kier alpha value is -2.58. The molecule has 0 aliphatic heterocycles. The average molecular weight is 407 g/mol. The van der Waals surface area contributed by atoms with Crippen LogP contribution in [0.15, 0.2) is 48.5 Å². The van der Waals surface area contributed by atoms with Crippen molar-refractivity contribution in [3.8, 4) is 5.75 Å². The molecule has 0 aliphatic carbocycles. The quantitative estimate of drug-likeness (QED) is 0.622. The largest absolute Gasteiger partial charge is 0.491 e. The Bertz CT molecular complexity index is 886. The lowest BCUT2D eigenvalue weighted by molar-refractivity contribution is 0.0981. The summed E-state index contributed by atoms with van der Waals surface area (Å²) >= 11 is 0. The molecule has 1 amide bonds. The summed E-state index contributed by atoms with van der Waals surface area (Å²) in [6, 6.07) is 13.5. The van der Waals surface area contributed by atoms with E-state index in [0.717, 1.165) is 5.56 Å². The molecule has 0 heterocycles. The molecule has 0 unspecified atom stereocenters. The Morgan fingerprint density at radius 2 is 1.64 bits per heavy atom. The summed E-state index contributed by atoms with van der Waals surface area (Å²) in [5.41, 5.74) is 1.84. The van der Waals surface area contributed by atoms with Crippen molar-refractivity contribution in [2.45, 2.75) is 26.2 Å². The third-order valence-electron chi connectivity index (χ3n) is 3.94. The molecular formula is C20H26N2O5S. The first kappa shape index (κ1) is 21.7. The lowest BCUT2D eigenvalue weighted by Gasteiger charge is -2.19. The first-order chi connectivity index (χ1) is 13.1. The van der Waals surface area contributed by atoms with Gasteiger partial charge in [0.1, 0.15) is 18.2 Å². The van der Waals surface area contributed by atoms with E-state index in [4.69, 9.17) is 9.84 Å². The van der Waals surface area contributed by atoms with E-state index >= 15 is 0 Å². The number of hydrogen-bond donors (Lipinski definition) is 3. The maximum Gasteiger partial charge on any atom is 0.264 e. The maximum absolute atomic E-state index is 12.2. The average Bonchev–Trinajstić information content (AvgIpc) is 2.64. The van der Waals surface area contributed by atoms with E-state index in [9.17, 15) is 13.2 Å². The number of aliphatic hydroxyl groups excluding tert-OH is 1. The van der Waals surface area contributed by atoms with Crippen molar-refractivity contribution in [3.05, 3.63) is 59.7 Å². The van der Waals surface area contributed by atoms with Crippen molar-refractivity contribution in [2.75, 3.05) is 24.4 Å². The van der Waals surface area contributed by atoms with Crippen LogP contribution in [-0.2, 0) is 15.4 Å². The highest BCUT2D eigenvalue weighted by Gasteiger charge is 2.18. The predicted molar refractivity (Wildman–Crippen MR) is 109 cm³/mol. The predicted octanol–water partition coefficient (Wildman–Crippen LogP) is 2.48. The summed E-state index contributed by atoms with van der Waals surface area (Å²) in [5.74, 6) is -0.556. The molecule has 0 radical (unpaired) electrons. The summed E-state index contributed by atoms with van der Waals surface area (Å²) in [6.07, 6.45) is 0. The van der Waals surface area contributed by atoms with Gasteiger partial charge in [-0.2, -0.15) is 0 Å². The number of aliphatic hydroxyl groups is 1. The van der Waals surface area contributed by atoms with Crippen LogP contribution in [0.3, 0.4) is 0 Å². The van der Waals surface area contributed by atoms with Gasteiger partial charge in [0, 0.05) is 11.3 Å². The monoisotopic (exact) mass is 406 g/mol. The molecule has 0 saturated heterocycles. The number of ether oxygens (including phenoxy) is 1. The molecule has 0 aliphatic rings. The van der Waals surface area contributed by atoms with Gasteiger partial charge in [-0.15, -0.1) is 0 Å². The van der Waals surface area contributed by atoms with Gasteiger partial charge in [-0.05, 0) is 47.4 Å². The lowest BCUT2D eigenvalue weighted by Crippen LogP contribution is -2.34. The molecule has 0 aromatic heterocycles. The van der Waals surface area contributed by atoms with Gasteiger partial charge in [0.2, 0.25) is 0 Å². The zero-order chi connectivity index (χ0) is 20.8. The highest BCUT2D eigenvalue weighted by Crippen LogP contribution is 2.22. The fraction of sp³-hybridized carbons (Fsp3) is 0.350. The van der Waals surface area contributed by atoms with Crippen LogP contribution in [0.25, 0.3) is 0 Å². The third kappa shape index (κ3) is 6.54. The van der Waals surface area contributed by atoms with Crippen LogP contribution in [0.5, 0.6) is 5.75 Å². The SMILES string of the molecule is CC(C)(C)c1ccc(C(=O)NS(=O)(=O)CNc2ccc(OCCO)cc2)cc1. The van der Waals surface area contributed by atoms with Gasteiger partial charge in [0.05, 0.1) is 6.61 Å². The molecule has 2 rings (SSSR count). The van der Waals surface area contributed by atoms with E-state index in [1.165, 1.54) is 0 Å². The number of nitrogens with one attached hydrogen (secondary N) is 2. The minimum atomic E-state index is -3.86. The summed E-state index contributed by atoms with van der Waals surface area (Å²) in [4.78, 5) is 12.2. The van der Waals surface area contributed by atoms with Crippen molar-refractivity contribution in [1.82, 2.24) is 4.72 Å². The smallest absolute Gasteiger partial charge is 0.264 e. The van der Waals surface area contributed by atoms with Crippen molar-refractivity contribution in [1.29, 1.82) is 0 Å². The topological polar surface area (TPSA) is 105 Å². The van der Waals surface area contributed by atoms with Gasteiger partial charge < -0.3 is 15.2 Å². The Morgan fingerprint density at radius 1 is 1.04 bits per heavy atom. The molecule has 8 heteroatoms. The zero-order valence-electron chi connectivity index (χ0n) is 16.2. The van der Waals surface area contributed by atoms with Crippen LogP contribution in [0, 0.1) is 0 Å². The lowest BCUT2D eigenvalue weighted by atomic mass is 9.87.